The van der Waals surface area contributed by atoms with Gasteiger partial charge in [-0.2, -0.15) is 8.42 Å². The number of nitrogens with one attached hydrogen (secondary N) is 1. The van der Waals surface area contributed by atoms with E-state index in [9.17, 15) is 13.2 Å². The fourth-order valence-electron chi connectivity index (χ4n) is 0.877. The first-order valence-corrected chi connectivity index (χ1v) is 5.17. The Labute approximate surface area is 127 Å². The third-order valence-electron chi connectivity index (χ3n) is 1.19. The average molecular weight is 246 g/mol. The largest absolute Gasteiger partial charge is 0.347 e. The molecule has 0 fully saturated rings. The van der Waals surface area contributed by atoms with Crippen molar-refractivity contribution >= 4 is 67.4 Å². The first-order chi connectivity index (χ1) is 5.66. The van der Waals surface area contributed by atoms with E-state index in [0.29, 0.717) is 0 Å². The van der Waals surface area contributed by atoms with Crippen molar-refractivity contribution in [1.82, 2.24) is 5.32 Å². The molecular formula is C7H13KNO4S. The molecule has 7 heteroatoms. The summed E-state index contributed by atoms with van der Waals surface area (Å²) in [5.74, 6) is -1.01. The van der Waals surface area contributed by atoms with Crippen LogP contribution in [0.1, 0.15) is 13.8 Å². The van der Waals surface area contributed by atoms with E-state index < -0.39 is 27.3 Å². The summed E-state index contributed by atoms with van der Waals surface area (Å²) in [6, 6.07) is 0. The fourth-order valence-corrected chi connectivity index (χ4v) is 1.86. The van der Waals surface area contributed by atoms with Gasteiger partial charge in [0.2, 0.25) is 5.91 Å². The van der Waals surface area contributed by atoms with E-state index in [1.54, 1.807) is 0 Å². The van der Waals surface area contributed by atoms with Crippen molar-refractivity contribution in [3.63, 3.8) is 0 Å². The molecule has 0 aliphatic rings. The van der Waals surface area contributed by atoms with Gasteiger partial charge in [0.1, 0.15) is 0 Å². The predicted molar refractivity (Wildman–Crippen MR) is 54.6 cm³/mol. The number of amides is 1. The predicted octanol–water partition coefficient (Wildman–Crippen LogP) is -0.426. The van der Waals surface area contributed by atoms with E-state index >= 15 is 0 Å². The van der Waals surface area contributed by atoms with Crippen LogP contribution < -0.4 is 5.32 Å². The Balaban J connectivity index is 0. The average Bonchev–Trinajstić information content (AvgIpc) is 1.80. The molecule has 0 aliphatic carbocycles. The van der Waals surface area contributed by atoms with Gasteiger partial charge in [-0.05, 0) is 19.9 Å². The second kappa shape index (κ2) is 6.36. The number of carbonyl (C=O) groups excluding carboxylic acids is 1. The Kier molecular flexibility index (Phi) is 7.80. The van der Waals surface area contributed by atoms with E-state index in [4.69, 9.17) is 4.55 Å². The molecule has 14 heavy (non-hydrogen) atoms. The molecule has 1 amide bonds. The normalized spacial score (nSPS) is 11.4. The quantitative estimate of drug-likeness (QED) is 0.401. The molecule has 0 spiro atoms. The van der Waals surface area contributed by atoms with Crippen LogP contribution in [-0.4, -0.2) is 81.6 Å². The number of carbonyl (C=O) groups is 1. The van der Waals surface area contributed by atoms with Gasteiger partial charge in [0.25, 0.3) is 10.1 Å². The van der Waals surface area contributed by atoms with E-state index in [1.165, 1.54) is 13.8 Å². The van der Waals surface area contributed by atoms with E-state index in [0.717, 1.165) is 6.08 Å². The molecular weight excluding hydrogens is 233 g/mol. The second-order valence-electron chi connectivity index (χ2n) is 3.30. The summed E-state index contributed by atoms with van der Waals surface area (Å²) in [6.45, 7) is 6.19. The minimum atomic E-state index is -4.08. The van der Waals surface area contributed by atoms with Gasteiger partial charge in [0, 0.05) is 51.4 Å². The summed E-state index contributed by atoms with van der Waals surface area (Å²) >= 11 is 0. The maximum Gasteiger partial charge on any atom is 0.267 e. The molecule has 0 rings (SSSR count). The van der Waals surface area contributed by atoms with Crippen LogP contribution in [-0.2, 0) is 14.9 Å². The van der Waals surface area contributed by atoms with Crippen LogP contribution in [0.2, 0.25) is 0 Å². The monoisotopic (exact) mass is 246 g/mol. The zero-order valence-corrected chi connectivity index (χ0v) is 12.5. The van der Waals surface area contributed by atoms with Gasteiger partial charge in [-0.15, -0.1) is 0 Å². The zero-order valence-electron chi connectivity index (χ0n) is 8.57. The maximum absolute atomic E-state index is 10.8. The van der Waals surface area contributed by atoms with Gasteiger partial charge < -0.3 is 5.32 Å². The molecule has 5 nitrogen and oxygen atoms in total. The van der Waals surface area contributed by atoms with Crippen molar-refractivity contribution in [3.8, 4) is 0 Å². The topological polar surface area (TPSA) is 83.5 Å². The van der Waals surface area contributed by atoms with E-state index in [1.807, 2.05) is 0 Å². The molecule has 0 heterocycles. The SMILES string of the molecule is C=CC(=O)NC(C)(C)CS(=O)(=O)O.[K]. The molecule has 0 aromatic rings. The number of rotatable bonds is 4. The minimum absolute atomic E-state index is 0. The third-order valence-corrected chi connectivity index (χ3v) is 2.28. The first-order valence-electron chi connectivity index (χ1n) is 3.56. The van der Waals surface area contributed by atoms with Crippen LogP contribution in [0.4, 0.5) is 0 Å². The maximum atomic E-state index is 10.8. The number of hydrogen-bond donors (Lipinski definition) is 2. The molecule has 0 saturated heterocycles. The van der Waals surface area contributed by atoms with Crippen molar-refractivity contribution in [2.75, 3.05) is 5.75 Å². The van der Waals surface area contributed by atoms with Gasteiger partial charge >= 0.3 is 0 Å². The summed E-state index contributed by atoms with van der Waals surface area (Å²) in [6.07, 6.45) is 1.03. The molecule has 77 valence electrons. The molecule has 0 saturated carbocycles. The Morgan fingerprint density at radius 2 is 2.00 bits per heavy atom. The summed E-state index contributed by atoms with van der Waals surface area (Å²) in [4.78, 5) is 10.8. The summed E-state index contributed by atoms with van der Waals surface area (Å²) < 4.78 is 29.5. The smallest absolute Gasteiger partial charge is 0.267 e. The van der Waals surface area contributed by atoms with Crippen molar-refractivity contribution in [2.24, 2.45) is 0 Å². The molecule has 2 N–H and O–H groups in total. The van der Waals surface area contributed by atoms with Crippen molar-refractivity contribution in [1.29, 1.82) is 0 Å². The van der Waals surface area contributed by atoms with Crippen molar-refractivity contribution in [2.45, 2.75) is 19.4 Å². The Bertz CT molecular complexity index is 310. The van der Waals surface area contributed by atoms with Crippen molar-refractivity contribution < 1.29 is 17.8 Å². The fraction of sp³-hybridized carbons (Fsp3) is 0.571. The van der Waals surface area contributed by atoms with Crippen LogP contribution in [0.25, 0.3) is 0 Å². The Hall–Kier alpha value is 0.756. The van der Waals surface area contributed by atoms with Crippen LogP contribution in [0, 0.1) is 0 Å². The van der Waals surface area contributed by atoms with E-state index in [-0.39, 0.29) is 51.4 Å². The Morgan fingerprint density at radius 1 is 1.57 bits per heavy atom. The molecule has 0 aliphatic heterocycles. The molecule has 0 atom stereocenters. The van der Waals surface area contributed by atoms with E-state index in [2.05, 4.69) is 11.9 Å². The zero-order chi connectivity index (χ0) is 10.7. The van der Waals surface area contributed by atoms with Gasteiger partial charge in [0.15, 0.2) is 0 Å². The van der Waals surface area contributed by atoms with Gasteiger partial charge in [0.05, 0.1) is 11.3 Å². The first kappa shape index (κ1) is 17.2. The summed E-state index contributed by atoms with van der Waals surface area (Å²) in [5, 5.41) is 2.37. The van der Waals surface area contributed by atoms with Crippen LogP contribution in [0.5, 0.6) is 0 Å². The molecule has 1 radical (unpaired) electrons. The second-order valence-corrected chi connectivity index (χ2v) is 4.76. The molecule has 0 aromatic carbocycles. The molecule has 0 aromatic heterocycles. The van der Waals surface area contributed by atoms with Crippen LogP contribution >= 0.6 is 0 Å². The number of hydrogen-bond acceptors (Lipinski definition) is 3. The minimum Gasteiger partial charge on any atom is -0.347 e. The van der Waals surface area contributed by atoms with Gasteiger partial charge in [-0.3, -0.25) is 9.35 Å². The summed E-state index contributed by atoms with van der Waals surface area (Å²) in [5.41, 5.74) is -1.00. The molecule has 0 unspecified atom stereocenters. The van der Waals surface area contributed by atoms with Crippen molar-refractivity contribution in [3.05, 3.63) is 12.7 Å². The van der Waals surface area contributed by atoms with Crippen LogP contribution in [0.15, 0.2) is 12.7 Å². The third kappa shape index (κ3) is 9.32. The van der Waals surface area contributed by atoms with Crippen LogP contribution in [0.3, 0.4) is 0 Å². The standard InChI is InChI=1S/C7H13NO4S.K/c1-4-6(9)8-7(2,3)5-13(10,11)12;/h4H,1,5H2,2-3H3,(H,8,9)(H,10,11,12);. The Morgan fingerprint density at radius 3 is 2.29 bits per heavy atom. The summed E-state index contributed by atoms with van der Waals surface area (Å²) in [7, 11) is -4.08. The van der Waals surface area contributed by atoms with Gasteiger partial charge in [-0.25, -0.2) is 0 Å². The molecule has 0 bridgehead atoms. The van der Waals surface area contributed by atoms with Gasteiger partial charge in [-0.1, -0.05) is 6.58 Å².